The van der Waals surface area contributed by atoms with Gasteiger partial charge in [0.2, 0.25) is 5.88 Å². The van der Waals surface area contributed by atoms with Crippen LogP contribution in [0.15, 0.2) is 12.1 Å². The van der Waals surface area contributed by atoms with E-state index in [1.54, 1.807) is 7.11 Å². The second-order valence-corrected chi connectivity index (χ2v) is 3.68. The number of aryl methyl sites for hydroxylation is 2. The van der Waals surface area contributed by atoms with Crippen molar-refractivity contribution in [3.8, 4) is 5.88 Å². The van der Waals surface area contributed by atoms with Gasteiger partial charge in [0, 0.05) is 17.8 Å². The molecule has 1 atom stereocenters. The molecule has 14 heavy (non-hydrogen) atoms. The Morgan fingerprint density at radius 3 is 2.79 bits per heavy atom. The summed E-state index contributed by atoms with van der Waals surface area (Å²) in [5.74, 6) is 0.685. The molecule has 1 unspecified atom stereocenters. The Bertz CT molecular complexity index is 297. The van der Waals surface area contributed by atoms with E-state index in [1.807, 2.05) is 19.9 Å². The number of nitrogens with two attached hydrogens (primary N) is 1. The van der Waals surface area contributed by atoms with Gasteiger partial charge < -0.3 is 10.5 Å². The summed E-state index contributed by atoms with van der Waals surface area (Å²) in [5.41, 5.74) is 7.93. The summed E-state index contributed by atoms with van der Waals surface area (Å²) in [7, 11) is 1.64. The number of aromatic nitrogens is 1. The maximum absolute atomic E-state index is 5.70. The predicted octanol–water partition coefficient (Wildman–Crippen LogP) is 1.68. The largest absolute Gasteiger partial charge is 0.481 e. The summed E-state index contributed by atoms with van der Waals surface area (Å²) < 4.78 is 5.10. The summed E-state index contributed by atoms with van der Waals surface area (Å²) in [6.45, 7) is 3.99. The first-order valence-electron chi connectivity index (χ1n) is 4.89. The van der Waals surface area contributed by atoms with Gasteiger partial charge in [-0.25, -0.2) is 4.98 Å². The van der Waals surface area contributed by atoms with E-state index in [0.717, 1.165) is 18.5 Å². The monoisotopic (exact) mass is 194 g/mol. The summed E-state index contributed by atoms with van der Waals surface area (Å²) in [4.78, 5) is 4.23. The van der Waals surface area contributed by atoms with Crippen LogP contribution in [0.1, 0.15) is 24.6 Å². The smallest absolute Gasteiger partial charge is 0.213 e. The first-order valence-corrected chi connectivity index (χ1v) is 4.89. The third-order valence-corrected chi connectivity index (χ3v) is 2.09. The summed E-state index contributed by atoms with van der Waals surface area (Å²) in [6.07, 6.45) is 1.98. The van der Waals surface area contributed by atoms with Gasteiger partial charge in [0.15, 0.2) is 0 Å². The highest BCUT2D eigenvalue weighted by Gasteiger charge is 2.01. The number of nitrogens with zero attached hydrogens (tertiary/aromatic N) is 1. The molecule has 0 saturated heterocycles. The molecule has 3 heteroatoms. The molecule has 0 radical (unpaired) electrons. The molecule has 0 bridgehead atoms. The molecule has 0 aliphatic carbocycles. The Morgan fingerprint density at radius 2 is 2.21 bits per heavy atom. The van der Waals surface area contributed by atoms with Crippen molar-refractivity contribution >= 4 is 0 Å². The molecule has 0 amide bonds. The molecule has 1 aromatic rings. The topological polar surface area (TPSA) is 48.1 Å². The van der Waals surface area contributed by atoms with Crippen LogP contribution in [0.2, 0.25) is 0 Å². The van der Waals surface area contributed by atoms with Crippen LogP contribution in [-0.2, 0) is 6.42 Å². The zero-order chi connectivity index (χ0) is 10.6. The number of hydrogen-bond donors (Lipinski definition) is 1. The van der Waals surface area contributed by atoms with Crippen molar-refractivity contribution in [1.29, 1.82) is 0 Å². The van der Waals surface area contributed by atoms with Crippen LogP contribution in [0.4, 0.5) is 0 Å². The van der Waals surface area contributed by atoms with Crippen LogP contribution < -0.4 is 10.5 Å². The molecule has 0 aromatic carbocycles. The van der Waals surface area contributed by atoms with Crippen molar-refractivity contribution in [2.45, 2.75) is 32.7 Å². The minimum Gasteiger partial charge on any atom is -0.481 e. The zero-order valence-electron chi connectivity index (χ0n) is 9.08. The summed E-state index contributed by atoms with van der Waals surface area (Å²) in [5, 5.41) is 0. The van der Waals surface area contributed by atoms with E-state index < -0.39 is 0 Å². The number of methoxy groups -OCH3 is 1. The van der Waals surface area contributed by atoms with E-state index in [2.05, 4.69) is 11.1 Å². The quantitative estimate of drug-likeness (QED) is 0.793. The van der Waals surface area contributed by atoms with Gasteiger partial charge in [-0.15, -0.1) is 0 Å². The maximum Gasteiger partial charge on any atom is 0.213 e. The van der Waals surface area contributed by atoms with Crippen molar-refractivity contribution in [1.82, 2.24) is 4.98 Å². The Kier molecular flexibility index (Phi) is 3.89. The fraction of sp³-hybridized carbons (Fsp3) is 0.545. The number of hydrogen-bond acceptors (Lipinski definition) is 3. The number of rotatable bonds is 4. The Hall–Kier alpha value is -1.09. The zero-order valence-corrected chi connectivity index (χ0v) is 9.08. The lowest BCUT2D eigenvalue weighted by Crippen LogP contribution is -2.15. The van der Waals surface area contributed by atoms with Gasteiger partial charge in [0.25, 0.3) is 0 Å². The SMILES string of the molecule is COc1cc(CCC(C)N)cc(C)n1. The molecule has 1 aromatic heterocycles. The van der Waals surface area contributed by atoms with Gasteiger partial charge in [-0.05, 0) is 38.3 Å². The average Bonchev–Trinajstić information content (AvgIpc) is 2.14. The summed E-state index contributed by atoms with van der Waals surface area (Å²) in [6, 6.07) is 4.29. The highest BCUT2D eigenvalue weighted by Crippen LogP contribution is 2.13. The molecular weight excluding hydrogens is 176 g/mol. The Morgan fingerprint density at radius 1 is 1.50 bits per heavy atom. The Balaban J connectivity index is 2.71. The van der Waals surface area contributed by atoms with E-state index in [0.29, 0.717) is 5.88 Å². The van der Waals surface area contributed by atoms with Gasteiger partial charge in [0.05, 0.1) is 7.11 Å². The van der Waals surface area contributed by atoms with Crippen molar-refractivity contribution in [3.63, 3.8) is 0 Å². The van der Waals surface area contributed by atoms with Crippen LogP contribution >= 0.6 is 0 Å². The lowest BCUT2D eigenvalue weighted by molar-refractivity contribution is 0.396. The molecule has 0 aliphatic rings. The first-order chi connectivity index (χ1) is 6.61. The van der Waals surface area contributed by atoms with Crippen molar-refractivity contribution in [3.05, 3.63) is 23.4 Å². The second kappa shape index (κ2) is 4.96. The third kappa shape index (κ3) is 3.34. The molecule has 1 heterocycles. The van der Waals surface area contributed by atoms with Gasteiger partial charge in [0.1, 0.15) is 0 Å². The minimum absolute atomic E-state index is 0.245. The molecule has 0 saturated carbocycles. The Labute approximate surface area is 85.3 Å². The maximum atomic E-state index is 5.70. The van der Waals surface area contributed by atoms with Crippen LogP contribution in [0.25, 0.3) is 0 Å². The molecule has 2 N–H and O–H groups in total. The van der Waals surface area contributed by atoms with Crippen LogP contribution in [0, 0.1) is 6.92 Å². The fourth-order valence-electron chi connectivity index (χ4n) is 1.35. The predicted molar refractivity (Wildman–Crippen MR) is 57.5 cm³/mol. The van der Waals surface area contributed by atoms with E-state index in [1.165, 1.54) is 5.56 Å². The molecule has 0 aliphatic heterocycles. The van der Waals surface area contributed by atoms with Crippen molar-refractivity contribution in [2.75, 3.05) is 7.11 Å². The van der Waals surface area contributed by atoms with Crippen molar-refractivity contribution < 1.29 is 4.74 Å². The van der Waals surface area contributed by atoms with Gasteiger partial charge in [-0.2, -0.15) is 0 Å². The standard InChI is InChI=1S/C11H18N2O/c1-8(12)4-5-10-6-9(2)13-11(7-10)14-3/h6-8H,4-5,12H2,1-3H3. The normalized spacial score (nSPS) is 12.6. The summed E-state index contributed by atoms with van der Waals surface area (Å²) >= 11 is 0. The first kappa shape index (κ1) is 11.0. The van der Waals surface area contributed by atoms with Crippen molar-refractivity contribution in [2.24, 2.45) is 5.73 Å². The highest BCUT2D eigenvalue weighted by atomic mass is 16.5. The van der Waals surface area contributed by atoms with Gasteiger partial charge in [-0.3, -0.25) is 0 Å². The van der Waals surface area contributed by atoms with Gasteiger partial charge >= 0.3 is 0 Å². The van der Waals surface area contributed by atoms with E-state index in [-0.39, 0.29) is 6.04 Å². The lowest BCUT2D eigenvalue weighted by Gasteiger charge is -2.07. The second-order valence-electron chi connectivity index (χ2n) is 3.68. The molecule has 1 rings (SSSR count). The number of ether oxygens (including phenoxy) is 1. The minimum atomic E-state index is 0.245. The molecule has 0 spiro atoms. The van der Waals surface area contributed by atoms with Crippen LogP contribution in [0.5, 0.6) is 5.88 Å². The number of pyridine rings is 1. The van der Waals surface area contributed by atoms with E-state index >= 15 is 0 Å². The van der Waals surface area contributed by atoms with Gasteiger partial charge in [-0.1, -0.05) is 0 Å². The van der Waals surface area contributed by atoms with Crippen LogP contribution in [-0.4, -0.2) is 18.1 Å². The fourth-order valence-corrected chi connectivity index (χ4v) is 1.35. The van der Waals surface area contributed by atoms with E-state index in [9.17, 15) is 0 Å². The molecule has 0 fully saturated rings. The molecule has 3 nitrogen and oxygen atoms in total. The molecular formula is C11H18N2O. The molecule has 78 valence electrons. The average molecular weight is 194 g/mol. The third-order valence-electron chi connectivity index (χ3n) is 2.09. The van der Waals surface area contributed by atoms with Crippen LogP contribution in [0.3, 0.4) is 0 Å². The van der Waals surface area contributed by atoms with E-state index in [4.69, 9.17) is 10.5 Å². The lowest BCUT2D eigenvalue weighted by atomic mass is 10.1. The highest BCUT2D eigenvalue weighted by molar-refractivity contribution is 5.24.